The normalized spacial score (nSPS) is 16.4. The van der Waals surface area contributed by atoms with Crippen LogP contribution in [0, 0.1) is 0 Å². The summed E-state index contributed by atoms with van der Waals surface area (Å²) in [5.74, 6) is -0.458. The monoisotopic (exact) mass is 276 g/mol. The SMILES string of the molecule is COC(=O)CNC(=O)NC1(c2ccccc2)CCCC1. The summed E-state index contributed by atoms with van der Waals surface area (Å²) < 4.78 is 4.50. The van der Waals surface area contributed by atoms with E-state index in [1.807, 2.05) is 30.3 Å². The van der Waals surface area contributed by atoms with Crippen LogP contribution in [0.4, 0.5) is 4.79 Å². The first kappa shape index (κ1) is 14.4. The quantitative estimate of drug-likeness (QED) is 0.826. The number of methoxy groups -OCH3 is 1. The first-order valence-corrected chi connectivity index (χ1v) is 6.85. The molecule has 0 aliphatic heterocycles. The third-order valence-electron chi connectivity index (χ3n) is 3.76. The summed E-state index contributed by atoms with van der Waals surface area (Å²) in [7, 11) is 1.30. The largest absolute Gasteiger partial charge is 0.468 e. The van der Waals surface area contributed by atoms with E-state index in [2.05, 4.69) is 15.4 Å². The second-order valence-electron chi connectivity index (χ2n) is 5.04. The molecule has 0 bridgehead atoms. The number of amides is 2. The zero-order valence-corrected chi connectivity index (χ0v) is 11.6. The van der Waals surface area contributed by atoms with E-state index in [9.17, 15) is 9.59 Å². The van der Waals surface area contributed by atoms with Crippen LogP contribution in [0.3, 0.4) is 0 Å². The number of carbonyl (C=O) groups is 2. The summed E-state index contributed by atoms with van der Waals surface area (Å²) in [5, 5.41) is 5.56. The molecular formula is C15H20N2O3. The highest BCUT2D eigenvalue weighted by Gasteiger charge is 2.36. The van der Waals surface area contributed by atoms with E-state index in [0.717, 1.165) is 31.2 Å². The lowest BCUT2D eigenvalue weighted by Crippen LogP contribution is -2.49. The maximum Gasteiger partial charge on any atom is 0.325 e. The molecule has 1 saturated carbocycles. The van der Waals surface area contributed by atoms with Crippen molar-refractivity contribution < 1.29 is 14.3 Å². The molecule has 5 heteroatoms. The lowest BCUT2D eigenvalue weighted by molar-refractivity contribution is -0.139. The van der Waals surface area contributed by atoms with Crippen LogP contribution < -0.4 is 10.6 Å². The minimum absolute atomic E-state index is 0.118. The highest BCUT2D eigenvalue weighted by atomic mass is 16.5. The molecule has 1 fully saturated rings. The van der Waals surface area contributed by atoms with E-state index < -0.39 is 5.97 Å². The van der Waals surface area contributed by atoms with Gasteiger partial charge in [-0.15, -0.1) is 0 Å². The lowest BCUT2D eigenvalue weighted by Gasteiger charge is -2.31. The summed E-state index contributed by atoms with van der Waals surface area (Å²) in [5.41, 5.74) is 0.798. The molecular weight excluding hydrogens is 256 g/mol. The van der Waals surface area contributed by atoms with Gasteiger partial charge in [0.1, 0.15) is 6.54 Å². The number of hydrogen-bond donors (Lipinski definition) is 2. The summed E-state index contributed by atoms with van der Waals surface area (Å²) in [6.45, 7) is -0.118. The fraction of sp³-hybridized carbons (Fsp3) is 0.467. The molecule has 1 aliphatic rings. The molecule has 0 unspecified atom stereocenters. The van der Waals surface area contributed by atoms with E-state index in [1.54, 1.807) is 0 Å². The Labute approximate surface area is 118 Å². The molecule has 0 heterocycles. The molecule has 0 atom stereocenters. The number of nitrogens with one attached hydrogen (secondary N) is 2. The third kappa shape index (κ3) is 3.29. The Bertz CT molecular complexity index is 467. The molecule has 2 rings (SSSR count). The molecule has 0 spiro atoms. The molecule has 2 N–H and O–H groups in total. The summed E-state index contributed by atoms with van der Waals surface area (Å²) >= 11 is 0. The van der Waals surface area contributed by atoms with E-state index in [4.69, 9.17) is 0 Å². The number of carbonyl (C=O) groups excluding carboxylic acids is 2. The van der Waals surface area contributed by atoms with E-state index in [0.29, 0.717) is 0 Å². The van der Waals surface area contributed by atoms with Gasteiger partial charge in [0.25, 0.3) is 0 Å². The molecule has 2 amide bonds. The zero-order chi connectivity index (χ0) is 14.4. The van der Waals surface area contributed by atoms with E-state index in [-0.39, 0.29) is 18.1 Å². The van der Waals surface area contributed by atoms with Gasteiger partial charge in [-0.2, -0.15) is 0 Å². The van der Waals surface area contributed by atoms with Crippen LogP contribution in [0.1, 0.15) is 31.2 Å². The maximum atomic E-state index is 12.0. The van der Waals surface area contributed by atoms with Crippen LogP contribution in [0.5, 0.6) is 0 Å². The molecule has 1 aliphatic carbocycles. The predicted octanol–water partition coefficient (Wildman–Crippen LogP) is 1.93. The molecule has 1 aromatic carbocycles. The van der Waals surface area contributed by atoms with Gasteiger partial charge in [0.05, 0.1) is 12.6 Å². The predicted molar refractivity (Wildman–Crippen MR) is 75.1 cm³/mol. The second-order valence-corrected chi connectivity index (χ2v) is 5.04. The maximum absolute atomic E-state index is 12.0. The summed E-state index contributed by atoms with van der Waals surface area (Å²) in [6.07, 6.45) is 4.02. The van der Waals surface area contributed by atoms with Crippen molar-refractivity contribution >= 4 is 12.0 Å². The van der Waals surface area contributed by atoms with E-state index >= 15 is 0 Å². The zero-order valence-electron chi connectivity index (χ0n) is 11.6. The third-order valence-corrected chi connectivity index (χ3v) is 3.76. The van der Waals surface area contributed by atoms with E-state index in [1.165, 1.54) is 7.11 Å². The topological polar surface area (TPSA) is 67.4 Å². The standard InChI is InChI=1S/C15H20N2O3/c1-20-13(18)11-16-14(19)17-15(9-5-6-10-15)12-7-3-2-4-8-12/h2-4,7-8H,5-6,9-11H2,1H3,(H2,16,17,19). The Morgan fingerprint density at radius 1 is 1.20 bits per heavy atom. The Balaban J connectivity index is 2.03. The molecule has 1 aromatic rings. The fourth-order valence-electron chi connectivity index (χ4n) is 2.71. The smallest absolute Gasteiger partial charge is 0.325 e. The van der Waals surface area contributed by atoms with Crippen molar-refractivity contribution in [2.24, 2.45) is 0 Å². The van der Waals surface area contributed by atoms with Crippen molar-refractivity contribution in [2.45, 2.75) is 31.2 Å². The van der Waals surface area contributed by atoms with Gasteiger partial charge >= 0.3 is 12.0 Å². The Morgan fingerprint density at radius 2 is 1.85 bits per heavy atom. The van der Waals surface area contributed by atoms with Crippen molar-refractivity contribution in [3.63, 3.8) is 0 Å². The molecule has 108 valence electrons. The van der Waals surface area contributed by atoms with Crippen LogP contribution in [-0.2, 0) is 15.1 Å². The molecule has 0 radical (unpaired) electrons. The molecule has 5 nitrogen and oxygen atoms in total. The second kappa shape index (κ2) is 6.41. The average Bonchev–Trinajstić information content (AvgIpc) is 2.95. The van der Waals surface area contributed by atoms with Crippen LogP contribution in [0.25, 0.3) is 0 Å². The van der Waals surface area contributed by atoms with Crippen molar-refractivity contribution in [3.8, 4) is 0 Å². The average molecular weight is 276 g/mol. The van der Waals surface area contributed by atoms with Gasteiger partial charge in [0.15, 0.2) is 0 Å². The molecule has 20 heavy (non-hydrogen) atoms. The Hall–Kier alpha value is -2.04. The van der Waals surface area contributed by atoms with Gasteiger partial charge in [0, 0.05) is 0 Å². The molecule has 0 saturated heterocycles. The number of ether oxygens (including phenoxy) is 1. The number of esters is 1. The van der Waals surface area contributed by atoms with Gasteiger partial charge in [0.2, 0.25) is 0 Å². The van der Waals surface area contributed by atoms with Crippen LogP contribution in [-0.4, -0.2) is 25.7 Å². The van der Waals surface area contributed by atoms with Gasteiger partial charge in [-0.3, -0.25) is 4.79 Å². The van der Waals surface area contributed by atoms with Gasteiger partial charge in [-0.25, -0.2) is 4.79 Å². The highest BCUT2D eigenvalue weighted by Crippen LogP contribution is 2.38. The van der Waals surface area contributed by atoms with Crippen molar-refractivity contribution in [2.75, 3.05) is 13.7 Å². The lowest BCUT2D eigenvalue weighted by atomic mass is 9.88. The van der Waals surface area contributed by atoms with Crippen molar-refractivity contribution in [1.29, 1.82) is 0 Å². The summed E-state index contributed by atoms with van der Waals surface area (Å²) in [4.78, 5) is 23.0. The van der Waals surface area contributed by atoms with Gasteiger partial charge in [-0.05, 0) is 18.4 Å². The highest BCUT2D eigenvalue weighted by molar-refractivity contribution is 5.81. The summed E-state index contributed by atoms with van der Waals surface area (Å²) in [6, 6.07) is 9.65. The van der Waals surface area contributed by atoms with Gasteiger partial charge < -0.3 is 15.4 Å². The van der Waals surface area contributed by atoms with Crippen molar-refractivity contribution in [3.05, 3.63) is 35.9 Å². The number of benzene rings is 1. The van der Waals surface area contributed by atoms with Gasteiger partial charge in [-0.1, -0.05) is 43.2 Å². The molecule has 0 aromatic heterocycles. The minimum atomic E-state index is -0.458. The first-order chi connectivity index (χ1) is 9.66. The van der Waals surface area contributed by atoms with Crippen LogP contribution >= 0.6 is 0 Å². The number of hydrogen-bond acceptors (Lipinski definition) is 3. The van der Waals surface area contributed by atoms with Crippen LogP contribution in [0.2, 0.25) is 0 Å². The van der Waals surface area contributed by atoms with Crippen molar-refractivity contribution in [1.82, 2.24) is 10.6 Å². The number of urea groups is 1. The minimum Gasteiger partial charge on any atom is -0.468 e. The van der Waals surface area contributed by atoms with Crippen LogP contribution in [0.15, 0.2) is 30.3 Å². The fourth-order valence-corrected chi connectivity index (χ4v) is 2.71. The Kier molecular flexibility index (Phi) is 4.61. The Morgan fingerprint density at radius 3 is 2.45 bits per heavy atom. The first-order valence-electron chi connectivity index (χ1n) is 6.85. The number of rotatable bonds is 4.